The highest BCUT2D eigenvalue weighted by atomic mass is 32.1. The Bertz CT molecular complexity index is 1420. The Hall–Kier alpha value is -4.02. The zero-order valence-electron chi connectivity index (χ0n) is 19.0. The van der Waals surface area contributed by atoms with Gasteiger partial charge in [0, 0.05) is 10.9 Å². The normalized spacial score (nSPS) is 11.7. The van der Waals surface area contributed by atoms with Gasteiger partial charge in [-0.1, -0.05) is 30.3 Å². The largest absolute Gasteiger partial charge is 0.309 e. The van der Waals surface area contributed by atoms with Crippen molar-refractivity contribution >= 4 is 28.8 Å². The van der Waals surface area contributed by atoms with E-state index in [9.17, 15) is 18.8 Å². The minimum absolute atomic E-state index is 0.0669. The zero-order valence-corrected chi connectivity index (χ0v) is 19.8. The van der Waals surface area contributed by atoms with E-state index in [1.54, 1.807) is 19.4 Å². The summed E-state index contributed by atoms with van der Waals surface area (Å²) in [6.07, 6.45) is 1.52. The van der Waals surface area contributed by atoms with Crippen molar-refractivity contribution in [2.45, 2.75) is 19.5 Å². The van der Waals surface area contributed by atoms with Crippen molar-refractivity contribution in [2.75, 3.05) is 12.4 Å². The van der Waals surface area contributed by atoms with Gasteiger partial charge in [-0.15, -0.1) is 11.3 Å². The molecule has 10 heteroatoms. The van der Waals surface area contributed by atoms with Crippen LogP contribution < -0.4 is 16.2 Å². The quantitative estimate of drug-likeness (QED) is 0.366. The van der Waals surface area contributed by atoms with Gasteiger partial charge in [0.25, 0.3) is 5.56 Å². The standard InChI is InChI=1S/C25H22FN5O3S/c1-15(27-2)24(33)30-23-25(34)31(20(12-28-23)16-6-4-3-5-7-16)13-21-29-19(14-35-21)22(32)17-8-10-18(26)11-9-17/h3-12,14-15,27H,13H2,1-2H3,(H,28,30,33)/t15-/m0/s1. The number of thiazole rings is 1. The summed E-state index contributed by atoms with van der Waals surface area (Å²) in [5.74, 6) is -1.27. The van der Waals surface area contributed by atoms with Crippen LogP contribution in [0.4, 0.5) is 10.2 Å². The molecule has 178 valence electrons. The fourth-order valence-corrected chi connectivity index (χ4v) is 4.06. The van der Waals surface area contributed by atoms with Gasteiger partial charge in [-0.3, -0.25) is 19.0 Å². The van der Waals surface area contributed by atoms with Crippen LogP contribution in [0.15, 0.2) is 71.0 Å². The number of carbonyl (C=O) groups is 2. The fraction of sp³-hybridized carbons (Fsp3) is 0.160. The number of benzene rings is 2. The molecule has 0 aliphatic carbocycles. The van der Waals surface area contributed by atoms with E-state index in [2.05, 4.69) is 20.6 Å². The van der Waals surface area contributed by atoms with Crippen LogP contribution in [0.5, 0.6) is 0 Å². The SMILES string of the molecule is CN[C@@H](C)C(=O)Nc1ncc(-c2ccccc2)n(Cc2nc(C(=O)c3ccc(F)cc3)cs2)c1=O. The summed E-state index contributed by atoms with van der Waals surface area (Å²) in [5, 5.41) is 7.50. The van der Waals surface area contributed by atoms with Crippen molar-refractivity contribution in [3.63, 3.8) is 0 Å². The summed E-state index contributed by atoms with van der Waals surface area (Å²) in [6, 6.07) is 14.0. The molecule has 0 aliphatic heterocycles. The first kappa shape index (κ1) is 24.1. The third-order valence-electron chi connectivity index (χ3n) is 5.38. The Kier molecular flexibility index (Phi) is 7.23. The van der Waals surface area contributed by atoms with Crippen LogP contribution in [0.2, 0.25) is 0 Å². The van der Waals surface area contributed by atoms with Gasteiger partial charge in [0.05, 0.1) is 24.5 Å². The fourth-order valence-electron chi connectivity index (χ4n) is 3.30. The highest BCUT2D eigenvalue weighted by Crippen LogP contribution is 2.21. The Morgan fingerprint density at radius 2 is 1.83 bits per heavy atom. The molecule has 4 rings (SSSR count). The molecule has 0 spiro atoms. The van der Waals surface area contributed by atoms with Crippen molar-refractivity contribution in [1.82, 2.24) is 19.9 Å². The predicted octanol–water partition coefficient (Wildman–Crippen LogP) is 3.33. The molecule has 2 aromatic carbocycles. The molecule has 1 atom stereocenters. The number of ketones is 1. The van der Waals surface area contributed by atoms with Crippen LogP contribution in [0, 0.1) is 5.82 Å². The third kappa shape index (κ3) is 5.39. The second-order valence-corrected chi connectivity index (χ2v) is 8.65. The highest BCUT2D eigenvalue weighted by Gasteiger charge is 2.19. The second kappa shape index (κ2) is 10.5. The van der Waals surface area contributed by atoms with Gasteiger partial charge in [0.15, 0.2) is 5.82 Å². The van der Waals surface area contributed by atoms with E-state index < -0.39 is 23.3 Å². The van der Waals surface area contributed by atoms with Crippen LogP contribution in [0.3, 0.4) is 0 Å². The number of hydrogen-bond donors (Lipinski definition) is 2. The maximum Gasteiger partial charge on any atom is 0.294 e. The van der Waals surface area contributed by atoms with Gasteiger partial charge >= 0.3 is 0 Å². The Morgan fingerprint density at radius 3 is 2.51 bits per heavy atom. The molecule has 2 aromatic heterocycles. The van der Waals surface area contributed by atoms with E-state index in [0.717, 1.165) is 5.56 Å². The molecule has 35 heavy (non-hydrogen) atoms. The third-order valence-corrected chi connectivity index (χ3v) is 6.21. The molecule has 2 heterocycles. The molecule has 0 unspecified atom stereocenters. The summed E-state index contributed by atoms with van der Waals surface area (Å²) in [4.78, 5) is 47.0. The number of halogens is 1. The average Bonchev–Trinajstić information content (AvgIpc) is 3.35. The highest BCUT2D eigenvalue weighted by molar-refractivity contribution is 7.09. The first-order chi connectivity index (χ1) is 16.9. The number of anilines is 1. The molecular formula is C25H22FN5O3S. The zero-order chi connectivity index (χ0) is 24.9. The van der Waals surface area contributed by atoms with E-state index in [4.69, 9.17) is 0 Å². The first-order valence-electron chi connectivity index (χ1n) is 10.8. The number of nitrogens with zero attached hydrogens (tertiary/aromatic N) is 3. The maximum absolute atomic E-state index is 13.3. The summed E-state index contributed by atoms with van der Waals surface area (Å²) in [7, 11) is 1.64. The molecule has 2 N–H and O–H groups in total. The lowest BCUT2D eigenvalue weighted by atomic mass is 10.1. The average molecular weight is 492 g/mol. The monoisotopic (exact) mass is 491 g/mol. The lowest BCUT2D eigenvalue weighted by Gasteiger charge is -2.15. The summed E-state index contributed by atoms with van der Waals surface area (Å²) in [5.41, 5.74) is 1.33. The van der Waals surface area contributed by atoms with Crippen molar-refractivity contribution in [3.8, 4) is 11.3 Å². The number of nitrogens with one attached hydrogen (secondary N) is 2. The smallest absolute Gasteiger partial charge is 0.294 e. The molecule has 4 aromatic rings. The van der Waals surface area contributed by atoms with Crippen LogP contribution in [0.1, 0.15) is 28.0 Å². The minimum Gasteiger partial charge on any atom is -0.309 e. The number of hydrogen-bond acceptors (Lipinski definition) is 7. The molecule has 0 saturated carbocycles. The number of aromatic nitrogens is 3. The molecule has 0 fully saturated rings. The van der Waals surface area contributed by atoms with Gasteiger partial charge in [0.2, 0.25) is 11.7 Å². The summed E-state index contributed by atoms with van der Waals surface area (Å²) < 4.78 is 14.7. The van der Waals surface area contributed by atoms with Gasteiger partial charge in [-0.05, 0) is 43.8 Å². The van der Waals surface area contributed by atoms with Gasteiger partial charge in [-0.25, -0.2) is 14.4 Å². The van der Waals surface area contributed by atoms with Gasteiger partial charge in [-0.2, -0.15) is 0 Å². The summed E-state index contributed by atoms with van der Waals surface area (Å²) in [6.45, 7) is 1.73. The Morgan fingerprint density at radius 1 is 1.11 bits per heavy atom. The molecule has 0 aliphatic rings. The minimum atomic E-state index is -0.516. The Labute approximate surface area is 204 Å². The number of carbonyl (C=O) groups excluding carboxylic acids is 2. The lowest BCUT2D eigenvalue weighted by molar-refractivity contribution is -0.117. The number of likely N-dealkylation sites (N-methyl/N-ethyl adjacent to an activating group) is 1. The van der Waals surface area contributed by atoms with Crippen LogP contribution in [-0.2, 0) is 11.3 Å². The van der Waals surface area contributed by atoms with E-state index in [0.29, 0.717) is 16.3 Å². The van der Waals surface area contributed by atoms with Crippen molar-refractivity contribution in [3.05, 3.63) is 98.6 Å². The lowest BCUT2D eigenvalue weighted by Crippen LogP contribution is -2.38. The second-order valence-electron chi connectivity index (χ2n) is 7.71. The van der Waals surface area contributed by atoms with E-state index in [1.807, 2.05) is 30.3 Å². The van der Waals surface area contributed by atoms with Crippen molar-refractivity contribution < 1.29 is 14.0 Å². The number of rotatable bonds is 8. The molecule has 0 saturated heterocycles. The van der Waals surface area contributed by atoms with Crippen LogP contribution in [-0.4, -0.2) is 39.3 Å². The predicted molar refractivity (Wildman–Crippen MR) is 132 cm³/mol. The molecular weight excluding hydrogens is 469 g/mol. The summed E-state index contributed by atoms with van der Waals surface area (Å²) >= 11 is 1.23. The van der Waals surface area contributed by atoms with Gasteiger partial charge in [0.1, 0.15) is 16.5 Å². The molecule has 8 nitrogen and oxygen atoms in total. The topological polar surface area (TPSA) is 106 Å². The number of amides is 1. The van der Waals surface area contributed by atoms with E-state index in [-0.39, 0.29) is 23.8 Å². The van der Waals surface area contributed by atoms with Crippen molar-refractivity contribution in [2.24, 2.45) is 0 Å². The van der Waals surface area contributed by atoms with E-state index in [1.165, 1.54) is 46.4 Å². The first-order valence-corrected chi connectivity index (χ1v) is 11.6. The molecule has 0 radical (unpaired) electrons. The van der Waals surface area contributed by atoms with Gasteiger partial charge < -0.3 is 10.6 Å². The van der Waals surface area contributed by atoms with E-state index >= 15 is 0 Å². The Balaban J connectivity index is 1.69. The molecule has 0 bridgehead atoms. The van der Waals surface area contributed by atoms with Crippen molar-refractivity contribution in [1.29, 1.82) is 0 Å². The van der Waals surface area contributed by atoms with Crippen LogP contribution in [0.25, 0.3) is 11.3 Å². The molecule has 1 amide bonds. The maximum atomic E-state index is 13.3. The van der Waals surface area contributed by atoms with Crippen LogP contribution >= 0.6 is 11.3 Å².